The molecule has 0 bridgehead atoms. The predicted octanol–water partition coefficient (Wildman–Crippen LogP) is 4.39. The van der Waals surface area contributed by atoms with Crippen molar-refractivity contribution in [2.75, 3.05) is 18.8 Å². The maximum Gasteiger partial charge on any atom is 0.253 e. The van der Waals surface area contributed by atoms with E-state index in [2.05, 4.69) is 25.3 Å². The van der Waals surface area contributed by atoms with Crippen LogP contribution in [-0.4, -0.2) is 72.7 Å². The van der Waals surface area contributed by atoms with Gasteiger partial charge in [0.15, 0.2) is 5.65 Å². The molecule has 216 valence electrons. The first kappa shape index (κ1) is 30.1. The second-order valence-electron chi connectivity index (χ2n) is 9.59. The Hall–Kier alpha value is -3.90. The minimum atomic E-state index is -1.13. The van der Waals surface area contributed by atoms with E-state index in [-0.39, 0.29) is 29.2 Å². The molecule has 2 atom stereocenters. The summed E-state index contributed by atoms with van der Waals surface area (Å²) in [4.78, 5) is 43.6. The van der Waals surface area contributed by atoms with Gasteiger partial charge in [0.05, 0.1) is 18.5 Å². The highest BCUT2D eigenvalue weighted by molar-refractivity contribution is 7.99. The third kappa shape index (κ3) is 7.86. The standard InChI is InChI=1S/C29H32F2N6O3S/c1-3-8-37(9-4-2)29(40)20-7-5-6-19(13-20)27(39)36-23(12-18-10-21(30)14-22(31)11-18)24(38)15-41-28-25-26(33-16-32-25)34-17-35-28/h5-7,10-11,13-14,16-17,23-24,38H,3-4,8-9,12,15H2,1-2H3,(H,36,39)(H,32,33,34,35)/t23-,24+/m0/s1. The summed E-state index contributed by atoms with van der Waals surface area (Å²) in [5.41, 5.74) is 1.97. The Morgan fingerprint density at radius 1 is 1.02 bits per heavy atom. The predicted molar refractivity (Wildman–Crippen MR) is 153 cm³/mol. The van der Waals surface area contributed by atoms with Crippen LogP contribution in [-0.2, 0) is 6.42 Å². The van der Waals surface area contributed by atoms with Crippen LogP contribution in [0.15, 0.2) is 60.1 Å². The maximum absolute atomic E-state index is 13.9. The van der Waals surface area contributed by atoms with E-state index in [4.69, 9.17) is 0 Å². The Morgan fingerprint density at radius 2 is 1.73 bits per heavy atom. The second kappa shape index (κ2) is 14.1. The average molecular weight is 583 g/mol. The van der Waals surface area contributed by atoms with Crippen LogP contribution in [0.2, 0.25) is 0 Å². The van der Waals surface area contributed by atoms with Gasteiger partial charge in [0.25, 0.3) is 11.8 Å². The summed E-state index contributed by atoms with van der Waals surface area (Å²) in [6, 6.07) is 8.56. The molecule has 0 fully saturated rings. The van der Waals surface area contributed by atoms with E-state index >= 15 is 0 Å². The number of aliphatic hydroxyl groups excluding tert-OH is 1. The van der Waals surface area contributed by atoms with E-state index in [0.29, 0.717) is 34.8 Å². The largest absolute Gasteiger partial charge is 0.390 e. The average Bonchev–Trinajstić information content (AvgIpc) is 3.44. The number of rotatable bonds is 13. The van der Waals surface area contributed by atoms with E-state index in [1.54, 1.807) is 23.1 Å². The van der Waals surface area contributed by atoms with Crippen molar-refractivity contribution in [3.63, 3.8) is 0 Å². The Kier molecular flexibility index (Phi) is 10.4. The zero-order valence-corrected chi connectivity index (χ0v) is 23.6. The number of hydrogen-bond donors (Lipinski definition) is 3. The number of thioether (sulfide) groups is 1. The third-order valence-electron chi connectivity index (χ3n) is 6.38. The molecule has 9 nitrogen and oxygen atoms in total. The number of benzene rings is 2. The molecule has 41 heavy (non-hydrogen) atoms. The molecule has 0 aliphatic heterocycles. The molecular weight excluding hydrogens is 550 g/mol. The van der Waals surface area contributed by atoms with Crippen LogP contribution in [0, 0.1) is 11.6 Å². The number of aromatic amines is 1. The van der Waals surface area contributed by atoms with Crippen LogP contribution in [0.1, 0.15) is 53.0 Å². The fourth-order valence-corrected chi connectivity index (χ4v) is 5.46. The van der Waals surface area contributed by atoms with Gasteiger partial charge in [-0.05, 0) is 55.2 Å². The molecule has 3 N–H and O–H groups in total. The van der Waals surface area contributed by atoms with Gasteiger partial charge in [0.2, 0.25) is 0 Å². The molecule has 0 spiro atoms. The molecule has 0 unspecified atom stereocenters. The van der Waals surface area contributed by atoms with Gasteiger partial charge in [0, 0.05) is 36.0 Å². The summed E-state index contributed by atoms with van der Waals surface area (Å²) in [6.45, 7) is 5.21. The number of aromatic nitrogens is 4. The fourth-order valence-electron chi connectivity index (χ4n) is 4.48. The number of imidazole rings is 1. The molecule has 4 aromatic rings. The van der Waals surface area contributed by atoms with Gasteiger partial charge in [-0.1, -0.05) is 19.9 Å². The van der Waals surface area contributed by atoms with Crippen LogP contribution in [0.4, 0.5) is 8.78 Å². The molecule has 0 aliphatic rings. The first-order chi connectivity index (χ1) is 19.8. The first-order valence-electron chi connectivity index (χ1n) is 13.4. The maximum atomic E-state index is 13.9. The number of aliphatic hydroxyl groups is 1. The summed E-state index contributed by atoms with van der Waals surface area (Å²) >= 11 is 1.23. The second-order valence-corrected chi connectivity index (χ2v) is 10.6. The van der Waals surface area contributed by atoms with Gasteiger partial charge >= 0.3 is 0 Å². The van der Waals surface area contributed by atoms with Crippen LogP contribution < -0.4 is 5.32 Å². The number of halogens is 2. The lowest BCUT2D eigenvalue weighted by atomic mass is 10.0. The van der Waals surface area contributed by atoms with Gasteiger partial charge in [-0.25, -0.2) is 23.7 Å². The molecule has 0 saturated heterocycles. The molecule has 4 rings (SSSR count). The summed E-state index contributed by atoms with van der Waals surface area (Å²) in [5.74, 6) is -2.10. The smallest absolute Gasteiger partial charge is 0.253 e. The number of fused-ring (bicyclic) bond motifs is 1. The molecule has 0 aliphatic carbocycles. The van der Waals surface area contributed by atoms with Crippen molar-refractivity contribution in [1.82, 2.24) is 30.2 Å². The zero-order valence-electron chi connectivity index (χ0n) is 22.8. The van der Waals surface area contributed by atoms with Crippen molar-refractivity contribution in [1.29, 1.82) is 0 Å². The van der Waals surface area contributed by atoms with Gasteiger partial charge in [-0.3, -0.25) is 9.59 Å². The van der Waals surface area contributed by atoms with E-state index in [0.717, 1.165) is 31.0 Å². The minimum absolute atomic E-state index is 0.0369. The highest BCUT2D eigenvalue weighted by Crippen LogP contribution is 2.24. The van der Waals surface area contributed by atoms with Crippen molar-refractivity contribution in [2.45, 2.75) is 50.3 Å². The number of amides is 2. The lowest BCUT2D eigenvalue weighted by molar-refractivity contribution is 0.0755. The highest BCUT2D eigenvalue weighted by atomic mass is 32.2. The topological polar surface area (TPSA) is 124 Å². The molecule has 12 heteroatoms. The minimum Gasteiger partial charge on any atom is -0.390 e. The van der Waals surface area contributed by atoms with Crippen molar-refractivity contribution in [3.8, 4) is 0 Å². The number of H-pyrrole nitrogens is 1. The fraction of sp³-hybridized carbons (Fsp3) is 0.345. The molecule has 2 amide bonds. The number of nitrogens with one attached hydrogen (secondary N) is 2. The number of carbonyl (C=O) groups excluding carboxylic acids is 2. The normalized spacial score (nSPS) is 12.7. The van der Waals surface area contributed by atoms with E-state index in [1.165, 1.54) is 30.5 Å². The summed E-state index contributed by atoms with van der Waals surface area (Å²) < 4.78 is 27.9. The van der Waals surface area contributed by atoms with E-state index in [9.17, 15) is 23.5 Å². The van der Waals surface area contributed by atoms with Gasteiger partial charge in [-0.2, -0.15) is 0 Å². The SMILES string of the molecule is CCCN(CCC)C(=O)c1cccc(C(=O)N[C@@H](Cc2cc(F)cc(F)c2)[C@H](O)CSc2ncnc3nc[nH]c23)c1. The van der Waals surface area contributed by atoms with Crippen LogP contribution in [0.3, 0.4) is 0 Å². The first-order valence-corrected chi connectivity index (χ1v) is 14.4. The van der Waals surface area contributed by atoms with Crippen molar-refractivity contribution >= 4 is 34.7 Å². The van der Waals surface area contributed by atoms with Crippen LogP contribution in [0.25, 0.3) is 11.2 Å². The quantitative estimate of drug-likeness (QED) is 0.158. The lowest BCUT2D eigenvalue weighted by Gasteiger charge is -2.25. The molecule has 0 saturated carbocycles. The van der Waals surface area contributed by atoms with E-state index in [1.807, 2.05) is 13.8 Å². The van der Waals surface area contributed by atoms with Crippen molar-refractivity contribution in [2.24, 2.45) is 0 Å². The molecule has 0 radical (unpaired) electrons. The van der Waals surface area contributed by atoms with Crippen molar-refractivity contribution in [3.05, 3.63) is 83.4 Å². The highest BCUT2D eigenvalue weighted by Gasteiger charge is 2.25. The molecule has 2 heterocycles. The van der Waals surface area contributed by atoms with Gasteiger partial charge in [-0.15, -0.1) is 11.8 Å². The summed E-state index contributed by atoms with van der Waals surface area (Å²) in [6.07, 6.45) is 3.31. The zero-order chi connectivity index (χ0) is 29.4. The molecule has 2 aromatic heterocycles. The number of carbonyl (C=O) groups is 2. The Bertz CT molecular complexity index is 1470. The molecular formula is C29H32F2N6O3S. The monoisotopic (exact) mass is 582 g/mol. The van der Waals surface area contributed by atoms with Gasteiger partial charge in [0.1, 0.15) is 28.5 Å². The number of hydrogen-bond acceptors (Lipinski definition) is 7. The Balaban J connectivity index is 1.54. The Morgan fingerprint density at radius 3 is 2.44 bits per heavy atom. The third-order valence-corrected chi connectivity index (χ3v) is 7.48. The number of nitrogens with zero attached hydrogens (tertiary/aromatic N) is 4. The Labute approximate surface area is 240 Å². The molecule has 2 aromatic carbocycles. The van der Waals surface area contributed by atoms with Crippen molar-refractivity contribution < 1.29 is 23.5 Å². The van der Waals surface area contributed by atoms with E-state index < -0.39 is 29.7 Å². The van der Waals surface area contributed by atoms with Crippen LogP contribution in [0.5, 0.6) is 0 Å². The van der Waals surface area contributed by atoms with Crippen LogP contribution >= 0.6 is 11.8 Å². The summed E-state index contributed by atoms with van der Waals surface area (Å²) in [7, 11) is 0. The lowest BCUT2D eigenvalue weighted by Crippen LogP contribution is -2.46. The van der Waals surface area contributed by atoms with Gasteiger partial charge < -0.3 is 20.3 Å². The summed E-state index contributed by atoms with van der Waals surface area (Å²) in [5, 5.41) is 14.5.